The van der Waals surface area contributed by atoms with Crippen LogP contribution in [0.3, 0.4) is 0 Å². The molecular formula is C27H38N2O3. The van der Waals surface area contributed by atoms with Crippen LogP contribution in [0.4, 0.5) is 0 Å². The molecule has 0 heterocycles. The van der Waals surface area contributed by atoms with Gasteiger partial charge in [0.05, 0.1) is 16.9 Å². The highest BCUT2D eigenvalue weighted by Crippen LogP contribution is 2.65. The maximum Gasteiger partial charge on any atom is 0.226 e. The SMILES string of the molecule is O=C(NCCCc1ccccc1)C12CC3CC(C1)CC(C(=O)NC1CCC(O)CC1)(C3)C2. The van der Waals surface area contributed by atoms with Crippen molar-refractivity contribution in [2.75, 3.05) is 6.54 Å². The summed E-state index contributed by atoms with van der Waals surface area (Å²) in [7, 11) is 0. The number of nitrogens with one attached hydrogen (secondary N) is 2. The largest absolute Gasteiger partial charge is 0.393 e. The van der Waals surface area contributed by atoms with Crippen LogP contribution in [-0.4, -0.2) is 35.6 Å². The summed E-state index contributed by atoms with van der Waals surface area (Å²) in [4.78, 5) is 27.0. The first-order valence-electron chi connectivity index (χ1n) is 12.8. The van der Waals surface area contributed by atoms with Gasteiger partial charge < -0.3 is 15.7 Å². The van der Waals surface area contributed by atoms with E-state index in [9.17, 15) is 14.7 Å². The standard InChI is InChI=1S/C27H38N2O3/c30-23-10-8-22(9-11-23)29-25(32)27-16-20-13-21(17-27)15-26(14-20,18-27)24(31)28-12-4-7-19-5-2-1-3-6-19/h1-3,5-6,20-23,30H,4,7-18H2,(H,28,31)(H,29,32). The lowest BCUT2D eigenvalue weighted by atomic mass is 9.43. The second-order valence-corrected chi connectivity index (χ2v) is 11.3. The molecule has 3 N–H and O–H groups in total. The smallest absolute Gasteiger partial charge is 0.226 e. The van der Waals surface area contributed by atoms with Crippen LogP contribution in [0.15, 0.2) is 30.3 Å². The monoisotopic (exact) mass is 438 g/mol. The van der Waals surface area contributed by atoms with Gasteiger partial charge in [-0.3, -0.25) is 9.59 Å². The Morgan fingerprint density at radius 3 is 2.19 bits per heavy atom. The molecule has 2 unspecified atom stereocenters. The molecule has 32 heavy (non-hydrogen) atoms. The molecule has 1 aromatic rings. The van der Waals surface area contributed by atoms with Crippen LogP contribution in [0.1, 0.15) is 76.2 Å². The first-order chi connectivity index (χ1) is 15.5. The lowest BCUT2D eigenvalue weighted by molar-refractivity contribution is -0.168. The number of amides is 2. The van der Waals surface area contributed by atoms with Gasteiger partial charge >= 0.3 is 0 Å². The Morgan fingerprint density at radius 1 is 0.906 bits per heavy atom. The number of benzene rings is 1. The Bertz CT molecular complexity index is 817. The summed E-state index contributed by atoms with van der Waals surface area (Å²) in [6.07, 6.45) is 10.7. The van der Waals surface area contributed by atoms with Gasteiger partial charge in [-0.05, 0) is 94.4 Å². The van der Waals surface area contributed by atoms with Crippen molar-refractivity contribution in [3.05, 3.63) is 35.9 Å². The second-order valence-electron chi connectivity index (χ2n) is 11.3. The molecular weight excluding hydrogens is 400 g/mol. The van der Waals surface area contributed by atoms with Gasteiger partial charge in [0.25, 0.3) is 0 Å². The van der Waals surface area contributed by atoms with Crippen LogP contribution >= 0.6 is 0 Å². The summed E-state index contributed by atoms with van der Waals surface area (Å²) in [6, 6.07) is 10.6. The summed E-state index contributed by atoms with van der Waals surface area (Å²) >= 11 is 0. The first kappa shape index (κ1) is 21.9. The fourth-order valence-electron chi connectivity index (χ4n) is 7.68. The zero-order chi connectivity index (χ0) is 22.2. The minimum Gasteiger partial charge on any atom is -0.393 e. The number of carbonyl (C=O) groups excluding carboxylic acids is 2. The van der Waals surface area contributed by atoms with Crippen LogP contribution in [0.2, 0.25) is 0 Å². The number of aliphatic hydroxyl groups excluding tert-OH is 1. The molecule has 5 heteroatoms. The van der Waals surface area contributed by atoms with E-state index in [4.69, 9.17) is 0 Å². The zero-order valence-electron chi connectivity index (χ0n) is 19.2. The topological polar surface area (TPSA) is 78.4 Å². The molecule has 1 aromatic carbocycles. The van der Waals surface area contributed by atoms with Gasteiger partial charge in [-0.2, -0.15) is 0 Å². The first-order valence-corrected chi connectivity index (χ1v) is 12.8. The van der Waals surface area contributed by atoms with E-state index < -0.39 is 0 Å². The zero-order valence-corrected chi connectivity index (χ0v) is 19.2. The van der Waals surface area contributed by atoms with Gasteiger partial charge in [-0.1, -0.05) is 30.3 Å². The Labute approximate surface area is 191 Å². The summed E-state index contributed by atoms with van der Waals surface area (Å²) in [5.41, 5.74) is 0.598. The molecule has 2 amide bonds. The number of rotatable bonds is 7. The lowest BCUT2D eigenvalue weighted by Gasteiger charge is -2.60. The molecule has 5 nitrogen and oxygen atoms in total. The molecule has 0 radical (unpaired) electrons. The molecule has 4 bridgehead atoms. The molecule has 6 rings (SSSR count). The van der Waals surface area contributed by atoms with Crippen LogP contribution in [-0.2, 0) is 16.0 Å². The fourth-order valence-corrected chi connectivity index (χ4v) is 7.68. The fraction of sp³-hybridized carbons (Fsp3) is 0.704. The van der Waals surface area contributed by atoms with Crippen molar-refractivity contribution in [2.45, 2.75) is 89.2 Å². The molecule has 2 atom stereocenters. The molecule has 5 aliphatic carbocycles. The van der Waals surface area contributed by atoms with Gasteiger partial charge in [-0.15, -0.1) is 0 Å². The molecule has 5 fully saturated rings. The highest BCUT2D eigenvalue weighted by atomic mass is 16.3. The number of hydrogen-bond donors (Lipinski definition) is 3. The van der Waals surface area contributed by atoms with Crippen LogP contribution < -0.4 is 10.6 Å². The van der Waals surface area contributed by atoms with Crippen molar-refractivity contribution in [1.82, 2.24) is 10.6 Å². The van der Waals surface area contributed by atoms with E-state index in [-0.39, 0.29) is 34.8 Å². The van der Waals surface area contributed by atoms with Crippen molar-refractivity contribution in [1.29, 1.82) is 0 Å². The maximum atomic E-state index is 13.5. The number of hydrogen-bond acceptors (Lipinski definition) is 3. The summed E-state index contributed by atoms with van der Waals surface area (Å²) in [5, 5.41) is 16.4. The number of aryl methyl sites for hydroxylation is 1. The van der Waals surface area contributed by atoms with Crippen molar-refractivity contribution in [3.63, 3.8) is 0 Å². The molecule has 5 aliphatic rings. The van der Waals surface area contributed by atoms with Crippen molar-refractivity contribution in [2.24, 2.45) is 22.7 Å². The van der Waals surface area contributed by atoms with E-state index in [1.807, 2.05) is 6.07 Å². The quantitative estimate of drug-likeness (QED) is 0.568. The van der Waals surface area contributed by atoms with E-state index >= 15 is 0 Å². The number of aliphatic hydroxyl groups is 1. The second kappa shape index (κ2) is 8.81. The third kappa shape index (κ3) is 4.33. The van der Waals surface area contributed by atoms with Crippen molar-refractivity contribution < 1.29 is 14.7 Å². The Morgan fingerprint density at radius 2 is 1.53 bits per heavy atom. The van der Waals surface area contributed by atoms with Crippen LogP contribution in [0, 0.1) is 22.7 Å². The summed E-state index contributed by atoms with van der Waals surface area (Å²) < 4.78 is 0. The van der Waals surface area contributed by atoms with E-state index in [1.54, 1.807) is 0 Å². The molecule has 0 spiro atoms. The number of carbonyl (C=O) groups is 2. The Balaban J connectivity index is 1.21. The highest BCUT2D eigenvalue weighted by molar-refractivity contribution is 5.88. The van der Waals surface area contributed by atoms with E-state index in [0.29, 0.717) is 18.4 Å². The molecule has 0 aliphatic heterocycles. The third-order valence-corrected chi connectivity index (χ3v) is 8.83. The van der Waals surface area contributed by atoms with E-state index in [0.717, 1.165) is 70.6 Å². The van der Waals surface area contributed by atoms with Gasteiger partial charge in [0, 0.05) is 12.6 Å². The molecule has 174 valence electrons. The minimum atomic E-state index is -0.360. The van der Waals surface area contributed by atoms with Crippen LogP contribution in [0.25, 0.3) is 0 Å². The average molecular weight is 439 g/mol. The molecule has 5 saturated carbocycles. The Hall–Kier alpha value is -1.88. The maximum absolute atomic E-state index is 13.5. The summed E-state index contributed by atoms with van der Waals surface area (Å²) in [6.45, 7) is 0.703. The molecule has 0 saturated heterocycles. The third-order valence-electron chi connectivity index (χ3n) is 8.83. The predicted octanol–water partition coefficient (Wildman–Crippen LogP) is 3.74. The highest BCUT2D eigenvalue weighted by Gasteiger charge is 2.63. The lowest BCUT2D eigenvalue weighted by Crippen LogP contribution is -2.62. The minimum absolute atomic E-state index is 0.182. The van der Waals surface area contributed by atoms with Gasteiger partial charge in [0.15, 0.2) is 0 Å². The predicted molar refractivity (Wildman–Crippen MR) is 124 cm³/mol. The Kier molecular flexibility index (Phi) is 6.04. The summed E-state index contributed by atoms with van der Waals surface area (Å²) in [5.74, 6) is 1.39. The van der Waals surface area contributed by atoms with Crippen molar-refractivity contribution >= 4 is 11.8 Å². The van der Waals surface area contributed by atoms with Crippen molar-refractivity contribution in [3.8, 4) is 0 Å². The van der Waals surface area contributed by atoms with Gasteiger partial charge in [0.2, 0.25) is 11.8 Å². The van der Waals surface area contributed by atoms with Crippen LogP contribution in [0.5, 0.6) is 0 Å². The van der Waals surface area contributed by atoms with Gasteiger partial charge in [-0.25, -0.2) is 0 Å². The van der Waals surface area contributed by atoms with E-state index in [2.05, 4.69) is 34.9 Å². The average Bonchev–Trinajstić information content (AvgIpc) is 2.78. The normalized spacial score (nSPS) is 37.8. The van der Waals surface area contributed by atoms with Gasteiger partial charge in [0.1, 0.15) is 0 Å². The van der Waals surface area contributed by atoms with E-state index in [1.165, 1.54) is 12.0 Å². The molecule has 0 aromatic heterocycles.